The normalized spacial score (nSPS) is 33.8. The van der Waals surface area contributed by atoms with Gasteiger partial charge in [-0.25, -0.2) is 0 Å². The molecule has 0 bridgehead atoms. The molecule has 122 valence electrons. The van der Waals surface area contributed by atoms with E-state index < -0.39 is 10.2 Å². The summed E-state index contributed by atoms with van der Waals surface area (Å²) in [6, 6.07) is 0.403. The topological polar surface area (TPSA) is 64.1 Å². The molecule has 1 N–H and O–H groups in total. The molecule has 0 aliphatic carbocycles. The Hall–Kier alpha value is -0.210. The quantitative estimate of drug-likeness (QED) is 0.802. The maximum absolute atomic E-state index is 12.9. The molecule has 3 aliphatic heterocycles. The third-order valence-corrected chi connectivity index (χ3v) is 7.13. The Morgan fingerprint density at radius 3 is 2.38 bits per heavy atom. The highest BCUT2D eigenvalue weighted by atomic mass is 32.2. The van der Waals surface area contributed by atoms with Gasteiger partial charge >= 0.3 is 0 Å². The Morgan fingerprint density at radius 1 is 0.905 bits per heavy atom. The van der Waals surface area contributed by atoms with Gasteiger partial charge in [0.1, 0.15) is 0 Å². The molecule has 0 radical (unpaired) electrons. The van der Waals surface area contributed by atoms with Gasteiger partial charge in [-0.05, 0) is 51.1 Å². The second-order valence-electron chi connectivity index (χ2n) is 6.60. The zero-order chi connectivity index (χ0) is 14.9. The van der Waals surface area contributed by atoms with Gasteiger partial charge in [0.2, 0.25) is 0 Å². The van der Waals surface area contributed by atoms with Gasteiger partial charge in [0.25, 0.3) is 10.2 Å². The van der Waals surface area contributed by atoms with Gasteiger partial charge in [-0.3, -0.25) is 4.90 Å². The summed E-state index contributed by atoms with van der Waals surface area (Å²) in [5.41, 5.74) is 0. The van der Waals surface area contributed by atoms with Crippen LogP contribution in [0.5, 0.6) is 0 Å². The molecule has 0 saturated carbocycles. The van der Waals surface area contributed by atoms with Gasteiger partial charge in [0.15, 0.2) is 0 Å². The molecule has 3 aliphatic rings. The lowest BCUT2D eigenvalue weighted by atomic mass is 10.0. The molecular formula is C14H27N3O3S. The molecule has 0 aromatic rings. The molecule has 6 nitrogen and oxygen atoms in total. The van der Waals surface area contributed by atoms with Crippen LogP contribution in [0.2, 0.25) is 0 Å². The Kier molecular flexibility index (Phi) is 4.85. The van der Waals surface area contributed by atoms with Crippen molar-refractivity contribution < 1.29 is 13.5 Å². The summed E-state index contributed by atoms with van der Waals surface area (Å²) >= 11 is 0. The number of fused-ring (bicyclic) bond motifs is 1. The first-order valence-electron chi connectivity index (χ1n) is 8.21. The molecule has 0 aromatic carbocycles. The Bertz CT molecular complexity index is 456. The first-order valence-corrected chi connectivity index (χ1v) is 9.61. The lowest BCUT2D eigenvalue weighted by Crippen LogP contribution is -2.50. The van der Waals surface area contributed by atoms with Crippen LogP contribution in [-0.2, 0) is 10.2 Å². The lowest BCUT2D eigenvalue weighted by molar-refractivity contribution is 0.160. The summed E-state index contributed by atoms with van der Waals surface area (Å²) in [5, 5.41) is 9.31. The van der Waals surface area contributed by atoms with Gasteiger partial charge < -0.3 is 5.11 Å². The Morgan fingerprint density at radius 2 is 1.57 bits per heavy atom. The van der Waals surface area contributed by atoms with Crippen molar-refractivity contribution in [1.82, 2.24) is 13.5 Å². The van der Waals surface area contributed by atoms with Crippen molar-refractivity contribution in [2.45, 2.75) is 38.1 Å². The van der Waals surface area contributed by atoms with Crippen LogP contribution in [-0.4, -0.2) is 79.0 Å². The van der Waals surface area contributed by atoms with E-state index in [1.165, 1.54) is 6.42 Å². The van der Waals surface area contributed by atoms with Crippen LogP contribution in [0.4, 0.5) is 0 Å². The molecule has 3 fully saturated rings. The van der Waals surface area contributed by atoms with E-state index >= 15 is 0 Å². The maximum atomic E-state index is 12.9. The first-order chi connectivity index (χ1) is 10.1. The molecule has 2 unspecified atom stereocenters. The van der Waals surface area contributed by atoms with Gasteiger partial charge in [0.05, 0.1) is 0 Å². The van der Waals surface area contributed by atoms with Crippen LogP contribution in [0, 0.1) is 5.92 Å². The fraction of sp³-hybridized carbons (Fsp3) is 1.00. The SMILES string of the molecule is O=S(=O)(N1CCCC(CO)C1)N1CCCN2CCCC2C1. The minimum Gasteiger partial charge on any atom is -0.396 e. The van der Waals surface area contributed by atoms with Gasteiger partial charge in [-0.1, -0.05) is 0 Å². The molecular weight excluding hydrogens is 290 g/mol. The number of nitrogens with zero attached hydrogens (tertiary/aromatic N) is 3. The maximum Gasteiger partial charge on any atom is 0.282 e. The van der Waals surface area contributed by atoms with Gasteiger partial charge in [-0.2, -0.15) is 17.0 Å². The summed E-state index contributed by atoms with van der Waals surface area (Å²) in [4.78, 5) is 2.45. The summed E-state index contributed by atoms with van der Waals surface area (Å²) < 4.78 is 29.1. The zero-order valence-electron chi connectivity index (χ0n) is 12.7. The third kappa shape index (κ3) is 3.27. The van der Waals surface area contributed by atoms with Crippen molar-refractivity contribution in [3.05, 3.63) is 0 Å². The van der Waals surface area contributed by atoms with E-state index in [2.05, 4.69) is 4.90 Å². The molecule has 0 amide bonds. The number of hydrogen-bond donors (Lipinski definition) is 1. The van der Waals surface area contributed by atoms with E-state index in [0.717, 1.165) is 38.8 Å². The number of aliphatic hydroxyl groups is 1. The van der Waals surface area contributed by atoms with E-state index in [-0.39, 0.29) is 12.5 Å². The van der Waals surface area contributed by atoms with E-state index in [9.17, 15) is 13.5 Å². The molecule has 21 heavy (non-hydrogen) atoms. The van der Waals surface area contributed by atoms with Crippen LogP contribution in [0.15, 0.2) is 0 Å². The van der Waals surface area contributed by atoms with Gasteiger partial charge in [-0.15, -0.1) is 0 Å². The van der Waals surface area contributed by atoms with Crippen LogP contribution < -0.4 is 0 Å². The summed E-state index contributed by atoms with van der Waals surface area (Å²) in [6.45, 7) is 4.58. The predicted molar refractivity (Wildman–Crippen MR) is 81.1 cm³/mol. The summed E-state index contributed by atoms with van der Waals surface area (Å²) in [5.74, 6) is 0.100. The highest BCUT2D eigenvalue weighted by Gasteiger charge is 2.37. The first kappa shape index (κ1) is 15.7. The highest BCUT2D eigenvalue weighted by Crippen LogP contribution is 2.26. The van der Waals surface area contributed by atoms with Crippen molar-refractivity contribution in [2.75, 3.05) is 45.9 Å². The fourth-order valence-electron chi connectivity index (χ4n) is 3.93. The van der Waals surface area contributed by atoms with Crippen molar-refractivity contribution in [3.8, 4) is 0 Å². The molecule has 0 spiro atoms. The molecule has 0 aromatic heterocycles. The third-order valence-electron chi connectivity index (χ3n) is 5.16. The Labute approximate surface area is 127 Å². The second kappa shape index (κ2) is 6.50. The van der Waals surface area contributed by atoms with E-state index in [1.807, 2.05) is 0 Å². The van der Waals surface area contributed by atoms with Crippen molar-refractivity contribution >= 4 is 10.2 Å². The predicted octanol–water partition coefficient (Wildman–Crippen LogP) is 0.106. The number of hydrogen-bond acceptors (Lipinski definition) is 4. The number of aliphatic hydroxyl groups excluding tert-OH is 1. The van der Waals surface area contributed by atoms with Crippen molar-refractivity contribution in [3.63, 3.8) is 0 Å². The average molecular weight is 317 g/mol. The molecule has 3 saturated heterocycles. The van der Waals surface area contributed by atoms with Crippen LogP contribution in [0.1, 0.15) is 32.1 Å². The van der Waals surface area contributed by atoms with Crippen LogP contribution in [0.3, 0.4) is 0 Å². The average Bonchev–Trinajstić information content (AvgIpc) is 2.84. The van der Waals surface area contributed by atoms with E-state index in [4.69, 9.17) is 0 Å². The van der Waals surface area contributed by atoms with Crippen LogP contribution >= 0.6 is 0 Å². The van der Waals surface area contributed by atoms with Gasteiger partial charge in [0, 0.05) is 38.8 Å². The minimum absolute atomic E-state index is 0.0857. The molecule has 3 heterocycles. The molecule has 2 atom stereocenters. The summed E-state index contributed by atoms with van der Waals surface area (Å²) in [6.07, 6.45) is 5.01. The molecule has 7 heteroatoms. The standard InChI is InChI=1S/C14H27N3O3S/c18-12-13-4-1-8-16(10-13)21(19,20)17-9-3-7-15-6-2-5-14(15)11-17/h13-14,18H,1-12H2. The zero-order valence-corrected chi connectivity index (χ0v) is 13.5. The minimum atomic E-state index is -3.36. The second-order valence-corrected chi connectivity index (χ2v) is 8.53. The lowest BCUT2D eigenvalue weighted by Gasteiger charge is -2.35. The fourth-order valence-corrected chi connectivity index (χ4v) is 5.74. The van der Waals surface area contributed by atoms with Crippen molar-refractivity contribution in [2.24, 2.45) is 5.92 Å². The smallest absolute Gasteiger partial charge is 0.282 e. The number of piperidine rings is 1. The molecule has 3 rings (SSSR count). The largest absolute Gasteiger partial charge is 0.396 e. The monoisotopic (exact) mass is 317 g/mol. The van der Waals surface area contributed by atoms with Crippen LogP contribution in [0.25, 0.3) is 0 Å². The van der Waals surface area contributed by atoms with E-state index in [1.54, 1.807) is 8.61 Å². The Balaban J connectivity index is 1.71. The highest BCUT2D eigenvalue weighted by molar-refractivity contribution is 7.86. The summed E-state index contributed by atoms with van der Waals surface area (Å²) in [7, 11) is -3.36. The van der Waals surface area contributed by atoms with E-state index in [0.29, 0.717) is 32.2 Å². The van der Waals surface area contributed by atoms with Crippen molar-refractivity contribution in [1.29, 1.82) is 0 Å². The number of rotatable bonds is 3.